The second kappa shape index (κ2) is 11.5. The van der Waals surface area contributed by atoms with E-state index in [1.807, 2.05) is 39.8 Å². The summed E-state index contributed by atoms with van der Waals surface area (Å²) in [6.45, 7) is 7.34. The lowest BCUT2D eigenvalue weighted by atomic mass is 9.96. The van der Waals surface area contributed by atoms with E-state index in [2.05, 4.69) is 15.5 Å². The van der Waals surface area contributed by atoms with E-state index in [0.717, 1.165) is 22.4 Å². The molecule has 8 nitrogen and oxygen atoms in total. The number of carbonyl (C=O) groups is 2. The number of likely N-dealkylation sites (tertiary alicyclic amines) is 1. The number of benzene rings is 2. The maximum Gasteiger partial charge on any atom is 0.267 e. The van der Waals surface area contributed by atoms with Crippen LogP contribution in [0.4, 0.5) is 4.39 Å². The van der Waals surface area contributed by atoms with Crippen LogP contribution < -0.4 is 10.9 Å². The first kappa shape index (κ1) is 28.2. The number of aromatic amines is 1. The second-order valence-corrected chi connectivity index (χ2v) is 10.6. The van der Waals surface area contributed by atoms with Crippen molar-refractivity contribution in [3.05, 3.63) is 98.2 Å². The van der Waals surface area contributed by atoms with Crippen LogP contribution in [0.2, 0.25) is 0 Å². The van der Waals surface area contributed by atoms with Crippen molar-refractivity contribution in [3.8, 4) is 0 Å². The molecule has 0 saturated carbocycles. The largest absolute Gasteiger partial charge is 0.377 e. The van der Waals surface area contributed by atoms with Gasteiger partial charge in [-0.15, -0.1) is 0 Å². The molecule has 1 saturated heterocycles. The number of H-pyrrole nitrogens is 1. The highest BCUT2D eigenvalue weighted by Crippen LogP contribution is 2.41. The van der Waals surface area contributed by atoms with Crippen LogP contribution in [0.15, 0.2) is 53.3 Å². The summed E-state index contributed by atoms with van der Waals surface area (Å²) in [6, 6.07) is 12.8. The zero-order chi connectivity index (χ0) is 28.3. The fraction of sp³-hybridized carbons (Fsp3) is 0.400. The molecule has 0 bridgehead atoms. The molecule has 1 fully saturated rings. The number of nitrogens with zero attached hydrogens (tertiary/aromatic N) is 2. The second-order valence-electron chi connectivity index (χ2n) is 10.6. The monoisotopic (exact) mass is 534 g/mol. The summed E-state index contributed by atoms with van der Waals surface area (Å²) in [7, 11) is 1.61. The molecule has 0 unspecified atom stereocenters. The Bertz CT molecular complexity index is 1430. The van der Waals surface area contributed by atoms with Crippen molar-refractivity contribution in [2.45, 2.75) is 64.6 Å². The summed E-state index contributed by atoms with van der Waals surface area (Å²) in [5, 5.41) is 9.15. The van der Waals surface area contributed by atoms with Gasteiger partial charge in [0.05, 0.1) is 29.9 Å². The first-order valence-corrected chi connectivity index (χ1v) is 13.0. The Morgan fingerprint density at radius 2 is 1.90 bits per heavy atom. The first-order valence-electron chi connectivity index (χ1n) is 13.0. The average Bonchev–Trinajstić information content (AvgIpc) is 3.37. The number of carbonyl (C=O) groups excluding carboxylic acids is 2. The number of hydrogen-bond acceptors (Lipinski definition) is 5. The van der Waals surface area contributed by atoms with E-state index in [0.29, 0.717) is 30.4 Å². The lowest BCUT2D eigenvalue weighted by Crippen LogP contribution is -2.52. The summed E-state index contributed by atoms with van der Waals surface area (Å²) in [5.74, 6) is -0.990. The van der Waals surface area contributed by atoms with Crippen molar-refractivity contribution < 1.29 is 18.7 Å². The lowest BCUT2D eigenvalue weighted by molar-refractivity contribution is -0.139. The smallest absolute Gasteiger partial charge is 0.267 e. The van der Waals surface area contributed by atoms with Gasteiger partial charge in [0.2, 0.25) is 5.91 Å². The van der Waals surface area contributed by atoms with Gasteiger partial charge >= 0.3 is 0 Å². The summed E-state index contributed by atoms with van der Waals surface area (Å²) < 4.78 is 19.7. The molecule has 1 aromatic heterocycles. The maximum absolute atomic E-state index is 14.0. The quantitative estimate of drug-likeness (QED) is 0.455. The van der Waals surface area contributed by atoms with Crippen LogP contribution in [0.3, 0.4) is 0 Å². The number of halogens is 1. The van der Waals surface area contributed by atoms with Crippen LogP contribution in [0.25, 0.3) is 0 Å². The van der Waals surface area contributed by atoms with Gasteiger partial charge in [-0.1, -0.05) is 18.2 Å². The van der Waals surface area contributed by atoms with E-state index >= 15 is 0 Å². The molecule has 206 valence electrons. The normalized spacial score (nSPS) is 17.3. The van der Waals surface area contributed by atoms with Gasteiger partial charge in [0.15, 0.2) is 0 Å². The number of methoxy groups -OCH3 is 1. The summed E-state index contributed by atoms with van der Waals surface area (Å²) in [4.78, 5) is 40.4. The van der Waals surface area contributed by atoms with Gasteiger partial charge in [0.25, 0.3) is 11.5 Å². The van der Waals surface area contributed by atoms with E-state index < -0.39 is 5.60 Å². The molecule has 1 aliphatic heterocycles. The molecule has 1 aliphatic rings. The predicted molar refractivity (Wildman–Crippen MR) is 146 cm³/mol. The number of aryl methyl sites for hydroxylation is 2. The van der Waals surface area contributed by atoms with Gasteiger partial charge in [-0.2, -0.15) is 5.10 Å². The first-order chi connectivity index (χ1) is 18.5. The fourth-order valence-corrected chi connectivity index (χ4v) is 5.30. The minimum absolute atomic E-state index is 0.201. The van der Waals surface area contributed by atoms with Crippen LogP contribution in [0.1, 0.15) is 71.0 Å². The number of nitrogens with one attached hydrogen (secondary N) is 2. The maximum atomic E-state index is 14.0. The molecule has 9 heteroatoms. The minimum Gasteiger partial charge on any atom is -0.377 e. The Hall–Kier alpha value is -3.85. The Morgan fingerprint density at radius 3 is 2.59 bits per heavy atom. The highest BCUT2D eigenvalue weighted by atomic mass is 19.1. The molecule has 3 aromatic rings. The predicted octanol–water partition coefficient (Wildman–Crippen LogP) is 4.00. The highest BCUT2D eigenvalue weighted by molar-refractivity contribution is 5.96. The molecule has 2 amide bonds. The number of rotatable bonds is 8. The number of amides is 2. The van der Waals surface area contributed by atoms with Crippen molar-refractivity contribution in [1.82, 2.24) is 20.4 Å². The van der Waals surface area contributed by atoms with Gasteiger partial charge in [-0.05, 0) is 87.6 Å². The van der Waals surface area contributed by atoms with Crippen LogP contribution in [-0.4, -0.2) is 52.2 Å². The molecule has 0 spiro atoms. The number of ether oxygens (including phenoxy) is 1. The van der Waals surface area contributed by atoms with Crippen molar-refractivity contribution in [1.29, 1.82) is 0 Å². The molecular weight excluding hydrogens is 499 g/mol. The molecule has 0 radical (unpaired) electrons. The highest BCUT2D eigenvalue weighted by Gasteiger charge is 2.45. The molecule has 0 aliphatic carbocycles. The molecule has 2 aromatic carbocycles. The third-order valence-corrected chi connectivity index (χ3v) is 7.63. The Balaban J connectivity index is 1.48. The Labute approximate surface area is 227 Å². The van der Waals surface area contributed by atoms with Crippen molar-refractivity contribution in [3.63, 3.8) is 0 Å². The topological polar surface area (TPSA) is 104 Å². The fourth-order valence-electron chi connectivity index (χ4n) is 5.30. The lowest BCUT2D eigenvalue weighted by Gasteiger charge is -2.39. The van der Waals surface area contributed by atoms with E-state index in [-0.39, 0.29) is 41.8 Å². The van der Waals surface area contributed by atoms with Gasteiger partial charge < -0.3 is 15.0 Å². The summed E-state index contributed by atoms with van der Waals surface area (Å²) >= 11 is 0. The molecule has 39 heavy (non-hydrogen) atoms. The van der Waals surface area contributed by atoms with E-state index in [9.17, 15) is 18.8 Å². The number of hydrogen-bond donors (Lipinski definition) is 2. The SMILES string of the molecule is COC(C)(C)[C@H]1CC[C@@H](c2cccc(F)c2)N1C(=O)CNC(=O)c1ccc(Cc2cc(C)n[nH]c2=O)c(C)c1. The molecular formula is C30H35FN4O4. The minimum atomic E-state index is -0.621. The zero-order valence-corrected chi connectivity index (χ0v) is 23.0. The third kappa shape index (κ3) is 6.25. The molecule has 2 heterocycles. The van der Waals surface area contributed by atoms with Gasteiger partial charge in [-0.3, -0.25) is 14.4 Å². The third-order valence-electron chi connectivity index (χ3n) is 7.63. The average molecular weight is 535 g/mol. The molecule has 2 N–H and O–H groups in total. The van der Waals surface area contributed by atoms with Crippen LogP contribution >= 0.6 is 0 Å². The Kier molecular flexibility index (Phi) is 8.30. The molecule has 4 rings (SSSR count). The van der Waals surface area contributed by atoms with Gasteiger partial charge in [0.1, 0.15) is 5.82 Å². The van der Waals surface area contributed by atoms with Crippen LogP contribution in [0, 0.1) is 19.7 Å². The van der Waals surface area contributed by atoms with E-state index in [1.54, 1.807) is 36.3 Å². The van der Waals surface area contributed by atoms with Gasteiger partial charge in [-0.25, -0.2) is 9.49 Å². The molecule has 2 atom stereocenters. The van der Waals surface area contributed by atoms with E-state index in [4.69, 9.17) is 4.74 Å². The zero-order valence-electron chi connectivity index (χ0n) is 23.0. The van der Waals surface area contributed by atoms with Crippen LogP contribution in [0.5, 0.6) is 0 Å². The van der Waals surface area contributed by atoms with Gasteiger partial charge in [0, 0.05) is 24.7 Å². The summed E-state index contributed by atoms with van der Waals surface area (Å²) in [6.07, 6.45) is 1.78. The van der Waals surface area contributed by atoms with Crippen molar-refractivity contribution in [2.75, 3.05) is 13.7 Å². The van der Waals surface area contributed by atoms with Crippen molar-refractivity contribution >= 4 is 11.8 Å². The standard InChI is InChI=1S/C30H35FN4O4/c1-18-13-22(10-9-20(18)15-23-14-19(2)33-34-29(23)38)28(37)32-17-27(36)35-25(21-7-6-8-24(31)16-21)11-12-26(35)30(3,4)39-5/h6-10,13-14,16,25-26H,11-12,15,17H2,1-5H3,(H,32,37)(H,34,38)/t25-,26+/m0/s1. The van der Waals surface area contributed by atoms with E-state index in [1.165, 1.54) is 12.1 Å². The Morgan fingerprint density at radius 1 is 1.13 bits per heavy atom. The van der Waals surface area contributed by atoms with Crippen LogP contribution in [-0.2, 0) is 16.0 Å². The number of aromatic nitrogens is 2. The van der Waals surface area contributed by atoms with Crippen molar-refractivity contribution in [2.24, 2.45) is 0 Å². The summed E-state index contributed by atoms with van der Waals surface area (Å²) in [5.41, 5.74) is 3.36.